The second-order valence-electron chi connectivity index (χ2n) is 6.41. The van der Waals surface area contributed by atoms with Crippen LogP contribution >= 0.6 is 12.2 Å². The van der Waals surface area contributed by atoms with Crippen LogP contribution in [0.25, 0.3) is 10.9 Å². The van der Waals surface area contributed by atoms with Crippen LogP contribution in [0.4, 0.5) is 11.4 Å². The van der Waals surface area contributed by atoms with E-state index in [0.29, 0.717) is 33.5 Å². The summed E-state index contributed by atoms with van der Waals surface area (Å²) in [5.41, 5.74) is 2.49. The summed E-state index contributed by atoms with van der Waals surface area (Å²) in [7, 11) is 1.99. The van der Waals surface area contributed by atoms with E-state index in [9.17, 15) is 9.59 Å². The zero-order valence-corrected chi connectivity index (χ0v) is 16.7. The first-order chi connectivity index (χ1) is 13.4. The minimum Gasteiger partial charge on any atom is -0.375 e. The van der Waals surface area contributed by atoms with Crippen molar-refractivity contribution < 1.29 is 4.79 Å². The minimum absolute atomic E-state index is 0.207. The van der Waals surface area contributed by atoms with Crippen molar-refractivity contribution in [1.82, 2.24) is 9.55 Å². The summed E-state index contributed by atoms with van der Waals surface area (Å²) >= 11 is 5.25. The van der Waals surface area contributed by atoms with Crippen LogP contribution in [0.15, 0.2) is 59.9 Å². The van der Waals surface area contributed by atoms with E-state index < -0.39 is 0 Å². The van der Waals surface area contributed by atoms with Gasteiger partial charge in [-0.2, -0.15) is 0 Å². The van der Waals surface area contributed by atoms with Crippen molar-refractivity contribution in [3.63, 3.8) is 0 Å². The van der Waals surface area contributed by atoms with Gasteiger partial charge in [0.2, 0.25) is 0 Å². The van der Waals surface area contributed by atoms with Crippen LogP contribution in [0, 0.1) is 4.77 Å². The molecule has 0 saturated carbocycles. The van der Waals surface area contributed by atoms with E-state index in [1.165, 1.54) is 4.57 Å². The quantitative estimate of drug-likeness (QED) is 0.491. The first-order valence-corrected chi connectivity index (χ1v) is 9.35. The van der Waals surface area contributed by atoms with E-state index in [4.69, 9.17) is 12.2 Å². The fourth-order valence-corrected chi connectivity index (χ4v) is 3.16. The minimum atomic E-state index is -0.257. The first kappa shape index (κ1) is 19.6. The summed E-state index contributed by atoms with van der Waals surface area (Å²) in [6, 6.07) is 12.6. The van der Waals surface area contributed by atoms with Gasteiger partial charge in [-0.1, -0.05) is 12.1 Å². The molecule has 0 bridgehead atoms. The monoisotopic (exact) mass is 394 g/mol. The lowest BCUT2D eigenvalue weighted by atomic mass is 10.1. The maximum Gasteiger partial charge on any atom is 0.262 e. The van der Waals surface area contributed by atoms with E-state index in [2.05, 4.69) is 28.7 Å². The molecule has 1 aromatic heterocycles. The number of fused-ring (bicyclic) bond motifs is 1. The van der Waals surface area contributed by atoms with Gasteiger partial charge in [-0.15, -0.1) is 6.58 Å². The number of rotatable bonds is 6. The summed E-state index contributed by atoms with van der Waals surface area (Å²) in [5, 5.41) is 3.37. The Labute approximate surface area is 168 Å². The molecule has 1 heterocycles. The van der Waals surface area contributed by atoms with Crippen molar-refractivity contribution in [1.29, 1.82) is 0 Å². The Hall–Kier alpha value is -3.19. The largest absolute Gasteiger partial charge is 0.375 e. The van der Waals surface area contributed by atoms with E-state index in [1.807, 2.05) is 31.3 Å². The molecule has 2 N–H and O–H groups in total. The Morgan fingerprint density at radius 3 is 2.82 bits per heavy atom. The standard InChI is InChI=1S/C21H22N4O2S/c1-4-11-25-20(27)17-10-9-14(12-18(17)23-21(25)28)19(26)22-15-7-6-8-16(13-15)24(3)5-2/h4,6-10,12-13H,1,5,11H2,2-3H3,(H,22,26)(H,23,28). The van der Waals surface area contributed by atoms with Gasteiger partial charge in [0.05, 0.1) is 10.9 Å². The second-order valence-corrected chi connectivity index (χ2v) is 6.80. The summed E-state index contributed by atoms with van der Waals surface area (Å²) in [4.78, 5) is 30.4. The zero-order chi connectivity index (χ0) is 20.3. The maximum absolute atomic E-state index is 12.7. The molecule has 0 atom stereocenters. The number of hydrogen-bond acceptors (Lipinski definition) is 4. The van der Waals surface area contributed by atoms with E-state index >= 15 is 0 Å². The number of nitrogens with zero attached hydrogens (tertiary/aromatic N) is 2. The molecule has 0 aliphatic carbocycles. The Morgan fingerprint density at radius 1 is 1.32 bits per heavy atom. The molecule has 0 aliphatic rings. The van der Waals surface area contributed by atoms with Crippen molar-refractivity contribution >= 4 is 40.4 Å². The van der Waals surface area contributed by atoms with E-state index in [0.717, 1.165) is 12.2 Å². The smallest absolute Gasteiger partial charge is 0.262 e. The van der Waals surface area contributed by atoms with Gasteiger partial charge >= 0.3 is 0 Å². The number of benzene rings is 2. The third kappa shape index (κ3) is 3.89. The van der Waals surface area contributed by atoms with E-state index in [1.54, 1.807) is 24.3 Å². The summed E-state index contributed by atoms with van der Waals surface area (Å²) < 4.78 is 1.73. The number of allylic oxidation sites excluding steroid dienone is 1. The van der Waals surface area contributed by atoms with Crippen LogP contribution in [0.1, 0.15) is 17.3 Å². The first-order valence-electron chi connectivity index (χ1n) is 8.95. The zero-order valence-electron chi connectivity index (χ0n) is 15.9. The molecule has 0 aliphatic heterocycles. The lowest BCUT2D eigenvalue weighted by molar-refractivity contribution is 0.102. The number of hydrogen-bond donors (Lipinski definition) is 2. The van der Waals surface area contributed by atoms with Crippen molar-refractivity contribution in [3.05, 3.63) is 75.8 Å². The van der Waals surface area contributed by atoms with Gasteiger partial charge in [0.15, 0.2) is 4.77 Å². The molecule has 0 fully saturated rings. The summed E-state index contributed by atoms with van der Waals surface area (Å²) in [6.45, 7) is 6.90. The van der Waals surface area contributed by atoms with Crippen LogP contribution < -0.4 is 15.8 Å². The number of nitrogens with one attached hydrogen (secondary N) is 2. The molecule has 7 heteroatoms. The number of H-pyrrole nitrogens is 1. The molecule has 144 valence electrons. The van der Waals surface area contributed by atoms with Gasteiger partial charge < -0.3 is 15.2 Å². The van der Waals surface area contributed by atoms with Gasteiger partial charge in [0, 0.05) is 37.1 Å². The number of carbonyl (C=O) groups excluding carboxylic acids is 1. The van der Waals surface area contributed by atoms with Gasteiger partial charge in [0.1, 0.15) is 0 Å². The highest BCUT2D eigenvalue weighted by molar-refractivity contribution is 7.71. The van der Waals surface area contributed by atoms with Gasteiger partial charge in [-0.3, -0.25) is 14.2 Å². The average molecular weight is 395 g/mol. The fourth-order valence-electron chi connectivity index (χ4n) is 2.90. The maximum atomic E-state index is 12.7. The Kier molecular flexibility index (Phi) is 5.75. The Bertz CT molecular complexity index is 1160. The van der Waals surface area contributed by atoms with Crippen LogP contribution in [-0.4, -0.2) is 29.1 Å². The van der Waals surface area contributed by atoms with Crippen LogP contribution in [0.3, 0.4) is 0 Å². The fraction of sp³-hybridized carbons (Fsp3) is 0.190. The predicted octanol–water partition coefficient (Wildman–Crippen LogP) is 3.95. The highest BCUT2D eigenvalue weighted by Crippen LogP contribution is 2.19. The highest BCUT2D eigenvalue weighted by Gasteiger charge is 2.11. The molecular weight excluding hydrogens is 372 g/mol. The summed E-state index contributed by atoms with van der Waals surface area (Å²) in [6.07, 6.45) is 1.61. The summed E-state index contributed by atoms with van der Waals surface area (Å²) in [5.74, 6) is -0.257. The van der Waals surface area contributed by atoms with Crippen LogP contribution in [0.2, 0.25) is 0 Å². The van der Waals surface area contributed by atoms with Crippen molar-refractivity contribution in [3.8, 4) is 0 Å². The van der Waals surface area contributed by atoms with Gasteiger partial charge in [0.25, 0.3) is 11.5 Å². The van der Waals surface area contributed by atoms with Gasteiger partial charge in [-0.05, 0) is 55.5 Å². The number of carbonyl (C=O) groups is 1. The molecule has 1 amide bonds. The lowest BCUT2D eigenvalue weighted by Gasteiger charge is -2.17. The Morgan fingerprint density at radius 2 is 2.11 bits per heavy atom. The average Bonchev–Trinajstić information content (AvgIpc) is 2.70. The molecule has 28 heavy (non-hydrogen) atoms. The second kappa shape index (κ2) is 8.22. The molecule has 0 radical (unpaired) electrons. The molecule has 3 aromatic rings. The van der Waals surface area contributed by atoms with E-state index in [-0.39, 0.29) is 11.5 Å². The van der Waals surface area contributed by atoms with Crippen molar-refractivity contribution in [2.24, 2.45) is 0 Å². The SMILES string of the molecule is C=CCn1c(=S)[nH]c2cc(C(=O)Nc3cccc(N(C)CC)c3)ccc2c1=O. The number of aromatic nitrogens is 2. The van der Waals surface area contributed by atoms with Gasteiger partial charge in [-0.25, -0.2) is 0 Å². The molecule has 0 spiro atoms. The van der Waals surface area contributed by atoms with Crippen molar-refractivity contribution in [2.45, 2.75) is 13.5 Å². The molecule has 3 rings (SSSR count). The third-order valence-electron chi connectivity index (χ3n) is 4.57. The number of aromatic amines is 1. The third-order valence-corrected chi connectivity index (χ3v) is 4.90. The highest BCUT2D eigenvalue weighted by atomic mass is 32.1. The molecule has 0 unspecified atom stereocenters. The lowest BCUT2D eigenvalue weighted by Crippen LogP contribution is -2.22. The molecular formula is C21H22N4O2S. The van der Waals surface area contributed by atoms with Crippen LogP contribution in [0.5, 0.6) is 0 Å². The van der Waals surface area contributed by atoms with Crippen LogP contribution in [-0.2, 0) is 6.54 Å². The Balaban J connectivity index is 1.93. The molecule has 2 aromatic carbocycles. The van der Waals surface area contributed by atoms with Crippen molar-refractivity contribution in [2.75, 3.05) is 23.8 Å². The molecule has 6 nitrogen and oxygen atoms in total. The number of anilines is 2. The molecule has 0 saturated heterocycles. The predicted molar refractivity (Wildman–Crippen MR) is 117 cm³/mol. The number of amides is 1. The topological polar surface area (TPSA) is 70.1 Å². The normalized spacial score (nSPS) is 10.6.